The van der Waals surface area contributed by atoms with E-state index in [1.54, 1.807) is 26.2 Å². The van der Waals surface area contributed by atoms with Crippen LogP contribution in [0.3, 0.4) is 0 Å². The van der Waals surface area contributed by atoms with Crippen LogP contribution in [0.5, 0.6) is 5.75 Å². The summed E-state index contributed by atoms with van der Waals surface area (Å²) in [6.07, 6.45) is 0. The third-order valence-electron chi connectivity index (χ3n) is 5.92. The molecule has 0 saturated carbocycles. The third kappa shape index (κ3) is 6.47. The van der Waals surface area contributed by atoms with Crippen molar-refractivity contribution in [2.24, 2.45) is 5.10 Å². The van der Waals surface area contributed by atoms with Gasteiger partial charge in [-0.15, -0.1) is 10.2 Å². The molecular weight excluding hydrogens is 501 g/mol. The van der Waals surface area contributed by atoms with E-state index < -0.39 is 0 Å². The molecule has 0 unspecified atom stereocenters. The second-order valence-electron chi connectivity index (χ2n) is 9.69. The molecule has 0 aliphatic heterocycles. The molecule has 0 fully saturated rings. The molecule has 4 rings (SSSR count). The van der Waals surface area contributed by atoms with Gasteiger partial charge in [0.15, 0.2) is 11.0 Å². The minimum atomic E-state index is -0.326. The molecule has 9 heteroatoms. The van der Waals surface area contributed by atoms with Crippen LogP contribution in [0.1, 0.15) is 38.8 Å². The van der Waals surface area contributed by atoms with Gasteiger partial charge in [-0.3, -0.25) is 9.36 Å². The standard InChI is InChI=1S/C29H30FN5O2S/c1-19(20-8-12-23(30)13-9-20)31-32-26(36)18-38-28-34-33-27(21-6-10-22(11-7-21)29(2,3)4)35(28)24-14-16-25(37-5)17-15-24/h6-17H,18H2,1-5H3,(H,32,36)/b31-19+. The van der Waals surface area contributed by atoms with Gasteiger partial charge in [0.2, 0.25) is 0 Å². The molecule has 0 aliphatic carbocycles. The molecule has 3 aromatic carbocycles. The van der Waals surface area contributed by atoms with Crippen molar-refractivity contribution in [3.63, 3.8) is 0 Å². The van der Waals surface area contributed by atoms with Gasteiger partial charge < -0.3 is 4.74 Å². The van der Waals surface area contributed by atoms with Crippen LogP contribution in [0, 0.1) is 5.82 Å². The number of ether oxygens (including phenoxy) is 1. The smallest absolute Gasteiger partial charge is 0.250 e. The summed E-state index contributed by atoms with van der Waals surface area (Å²) in [5, 5.41) is 13.6. The summed E-state index contributed by atoms with van der Waals surface area (Å²) in [6, 6.07) is 21.8. The molecule has 7 nitrogen and oxygen atoms in total. The lowest BCUT2D eigenvalue weighted by Gasteiger charge is -2.19. The number of nitrogens with one attached hydrogen (secondary N) is 1. The van der Waals surface area contributed by atoms with E-state index in [9.17, 15) is 9.18 Å². The number of rotatable bonds is 8. The number of amides is 1. The van der Waals surface area contributed by atoms with E-state index in [4.69, 9.17) is 4.74 Å². The monoisotopic (exact) mass is 531 g/mol. The molecule has 1 heterocycles. The molecule has 4 aromatic rings. The zero-order valence-electron chi connectivity index (χ0n) is 22.0. The van der Waals surface area contributed by atoms with Crippen molar-refractivity contribution < 1.29 is 13.9 Å². The molecule has 0 saturated heterocycles. The molecule has 0 atom stereocenters. The Hall–Kier alpha value is -3.98. The van der Waals surface area contributed by atoms with E-state index in [0.29, 0.717) is 16.7 Å². The fraction of sp³-hybridized carbons (Fsp3) is 0.241. The molecule has 1 N–H and O–H groups in total. The van der Waals surface area contributed by atoms with Crippen LogP contribution in [0.25, 0.3) is 17.1 Å². The lowest BCUT2D eigenvalue weighted by Crippen LogP contribution is -2.21. The average molecular weight is 532 g/mol. The predicted molar refractivity (Wildman–Crippen MR) is 150 cm³/mol. The van der Waals surface area contributed by atoms with Gasteiger partial charge in [-0.2, -0.15) is 5.10 Å². The van der Waals surface area contributed by atoms with Gasteiger partial charge in [0.25, 0.3) is 5.91 Å². The van der Waals surface area contributed by atoms with Gasteiger partial charge in [-0.1, -0.05) is 68.9 Å². The van der Waals surface area contributed by atoms with Crippen molar-refractivity contribution >= 4 is 23.4 Å². The molecule has 1 aromatic heterocycles. The summed E-state index contributed by atoms with van der Waals surface area (Å²) in [5.41, 5.74) is 6.87. The Labute approximate surface area is 226 Å². The maximum Gasteiger partial charge on any atom is 0.250 e. The van der Waals surface area contributed by atoms with Crippen molar-refractivity contribution in [1.82, 2.24) is 20.2 Å². The Kier molecular flexibility index (Phi) is 8.26. The van der Waals surface area contributed by atoms with Crippen LogP contribution in [0.4, 0.5) is 4.39 Å². The Morgan fingerprint density at radius 2 is 1.66 bits per heavy atom. The van der Waals surface area contributed by atoms with Crippen LogP contribution in [-0.4, -0.2) is 39.2 Å². The first kappa shape index (κ1) is 27.1. The summed E-state index contributed by atoms with van der Waals surface area (Å²) in [5.74, 6) is 0.867. The first-order valence-electron chi connectivity index (χ1n) is 12.1. The largest absolute Gasteiger partial charge is 0.497 e. The highest BCUT2D eigenvalue weighted by Gasteiger charge is 2.19. The van der Waals surface area contributed by atoms with Crippen molar-refractivity contribution in [2.45, 2.75) is 38.3 Å². The maximum absolute atomic E-state index is 13.2. The highest BCUT2D eigenvalue weighted by Crippen LogP contribution is 2.30. The number of carbonyl (C=O) groups excluding carboxylic acids is 1. The van der Waals surface area contributed by atoms with Crippen LogP contribution in [-0.2, 0) is 10.2 Å². The Bertz CT molecular complexity index is 1420. The number of thioether (sulfide) groups is 1. The molecule has 1 amide bonds. The summed E-state index contributed by atoms with van der Waals surface area (Å²) < 4.78 is 20.4. The van der Waals surface area contributed by atoms with Crippen molar-refractivity contribution in [1.29, 1.82) is 0 Å². The summed E-state index contributed by atoms with van der Waals surface area (Å²) in [7, 11) is 1.62. The van der Waals surface area contributed by atoms with E-state index in [0.717, 1.165) is 22.6 Å². The van der Waals surface area contributed by atoms with Gasteiger partial charge in [0.1, 0.15) is 11.6 Å². The van der Waals surface area contributed by atoms with Gasteiger partial charge in [-0.25, -0.2) is 9.82 Å². The van der Waals surface area contributed by atoms with Crippen molar-refractivity contribution in [3.8, 4) is 22.8 Å². The van der Waals surface area contributed by atoms with Gasteiger partial charge in [0, 0.05) is 11.3 Å². The Morgan fingerprint density at radius 1 is 1.00 bits per heavy atom. The van der Waals surface area contributed by atoms with Gasteiger partial charge in [-0.05, 0) is 59.9 Å². The van der Waals surface area contributed by atoms with E-state index in [2.05, 4.69) is 53.6 Å². The van der Waals surface area contributed by atoms with E-state index in [1.165, 1.54) is 29.5 Å². The van der Waals surface area contributed by atoms with Crippen LogP contribution in [0.15, 0.2) is 83.1 Å². The Balaban J connectivity index is 1.56. The van der Waals surface area contributed by atoms with Crippen molar-refractivity contribution in [3.05, 3.63) is 89.7 Å². The van der Waals surface area contributed by atoms with E-state index in [1.807, 2.05) is 41.0 Å². The number of halogens is 1. The second-order valence-corrected chi connectivity index (χ2v) is 10.6. The lowest BCUT2D eigenvalue weighted by atomic mass is 9.87. The summed E-state index contributed by atoms with van der Waals surface area (Å²) >= 11 is 1.26. The van der Waals surface area contributed by atoms with E-state index in [-0.39, 0.29) is 22.9 Å². The number of hydrogen-bond donors (Lipinski definition) is 1. The number of nitrogens with zero attached hydrogens (tertiary/aromatic N) is 4. The van der Waals surface area contributed by atoms with E-state index >= 15 is 0 Å². The molecule has 0 bridgehead atoms. The zero-order chi connectivity index (χ0) is 27.3. The number of methoxy groups -OCH3 is 1. The number of aromatic nitrogens is 3. The fourth-order valence-electron chi connectivity index (χ4n) is 3.70. The lowest BCUT2D eigenvalue weighted by molar-refractivity contribution is -0.118. The first-order chi connectivity index (χ1) is 18.2. The highest BCUT2D eigenvalue weighted by molar-refractivity contribution is 7.99. The molecule has 38 heavy (non-hydrogen) atoms. The fourth-order valence-corrected chi connectivity index (χ4v) is 4.44. The second kappa shape index (κ2) is 11.6. The third-order valence-corrected chi connectivity index (χ3v) is 6.84. The quantitative estimate of drug-likeness (QED) is 0.171. The van der Waals surface area contributed by atoms with Gasteiger partial charge in [0.05, 0.1) is 18.6 Å². The number of hydrazone groups is 1. The molecular formula is C29H30FN5O2S. The van der Waals surface area contributed by atoms with Gasteiger partial charge >= 0.3 is 0 Å². The summed E-state index contributed by atoms with van der Waals surface area (Å²) in [4.78, 5) is 12.6. The summed E-state index contributed by atoms with van der Waals surface area (Å²) in [6.45, 7) is 8.27. The predicted octanol–water partition coefficient (Wildman–Crippen LogP) is 6.01. The number of benzene rings is 3. The molecule has 0 radical (unpaired) electrons. The van der Waals surface area contributed by atoms with Crippen molar-refractivity contribution in [2.75, 3.05) is 12.9 Å². The topological polar surface area (TPSA) is 81.4 Å². The van der Waals surface area contributed by atoms with Crippen LogP contribution < -0.4 is 10.2 Å². The molecule has 0 aliphatic rings. The minimum Gasteiger partial charge on any atom is -0.497 e. The zero-order valence-corrected chi connectivity index (χ0v) is 22.8. The minimum absolute atomic E-state index is 0.0358. The molecule has 0 spiro atoms. The van der Waals surface area contributed by atoms with Crippen LogP contribution >= 0.6 is 11.8 Å². The Morgan fingerprint density at radius 3 is 2.26 bits per heavy atom. The highest BCUT2D eigenvalue weighted by atomic mass is 32.2. The first-order valence-corrected chi connectivity index (χ1v) is 13.1. The number of hydrogen-bond acceptors (Lipinski definition) is 6. The SMILES string of the molecule is COc1ccc(-n2c(SCC(=O)N/N=C(\C)c3ccc(F)cc3)nnc2-c2ccc(C(C)(C)C)cc2)cc1. The normalized spacial score (nSPS) is 11.9. The average Bonchev–Trinajstić information content (AvgIpc) is 3.34. The van der Waals surface area contributed by atoms with Crippen LogP contribution in [0.2, 0.25) is 0 Å². The maximum atomic E-state index is 13.2. The molecule has 196 valence electrons. The number of carbonyl (C=O) groups is 1.